The van der Waals surface area contributed by atoms with Crippen LogP contribution < -0.4 is 5.32 Å². The molecule has 1 amide bonds. The quantitative estimate of drug-likeness (QED) is 0.711. The van der Waals surface area contributed by atoms with Crippen LogP contribution in [0.2, 0.25) is 0 Å². The Morgan fingerprint density at radius 1 is 1.21 bits per heavy atom. The van der Waals surface area contributed by atoms with Crippen molar-refractivity contribution in [3.05, 3.63) is 0 Å². The van der Waals surface area contributed by atoms with E-state index in [1.165, 1.54) is 0 Å². The van der Waals surface area contributed by atoms with Crippen LogP contribution in [0.5, 0.6) is 0 Å². The van der Waals surface area contributed by atoms with Crippen LogP contribution in [0.1, 0.15) is 26.7 Å². The molecule has 19 heavy (non-hydrogen) atoms. The summed E-state index contributed by atoms with van der Waals surface area (Å²) in [6.45, 7) is 7.64. The summed E-state index contributed by atoms with van der Waals surface area (Å²) >= 11 is 0. The number of carbonyl (C=O) groups excluding carboxylic acids is 1. The summed E-state index contributed by atoms with van der Waals surface area (Å²) in [4.78, 5) is 26.4. The Morgan fingerprint density at radius 2 is 1.95 bits per heavy atom. The van der Waals surface area contributed by atoms with E-state index in [0.29, 0.717) is 32.1 Å². The average molecular weight is 271 g/mol. The topological polar surface area (TPSA) is 72.9 Å². The molecule has 1 fully saturated rings. The molecule has 0 aromatic heterocycles. The lowest BCUT2D eigenvalue weighted by Gasteiger charge is -2.21. The molecule has 0 atom stereocenters. The highest BCUT2D eigenvalue weighted by Crippen LogP contribution is 2.04. The second-order valence-corrected chi connectivity index (χ2v) is 5.26. The van der Waals surface area contributed by atoms with E-state index in [1.807, 2.05) is 9.80 Å². The van der Waals surface area contributed by atoms with Crippen molar-refractivity contribution in [1.82, 2.24) is 15.1 Å². The highest BCUT2D eigenvalue weighted by atomic mass is 16.4. The highest BCUT2D eigenvalue weighted by molar-refractivity contribution is 5.76. The first-order valence-corrected chi connectivity index (χ1v) is 6.94. The third-order valence-corrected chi connectivity index (χ3v) is 3.19. The Hall–Kier alpha value is -1.14. The number of carbonyl (C=O) groups is 2. The number of amides is 1. The number of aliphatic carboxylic acids is 1. The molecule has 0 radical (unpaired) electrons. The van der Waals surface area contributed by atoms with E-state index in [9.17, 15) is 9.59 Å². The molecule has 0 spiro atoms. The van der Waals surface area contributed by atoms with Crippen molar-refractivity contribution < 1.29 is 14.7 Å². The Morgan fingerprint density at radius 3 is 2.58 bits per heavy atom. The van der Waals surface area contributed by atoms with E-state index < -0.39 is 5.97 Å². The molecular weight excluding hydrogens is 246 g/mol. The number of rotatable bonds is 6. The number of carboxylic acids is 1. The third kappa shape index (κ3) is 6.54. The fourth-order valence-electron chi connectivity index (χ4n) is 2.20. The molecule has 0 bridgehead atoms. The van der Waals surface area contributed by atoms with Crippen molar-refractivity contribution in [3.63, 3.8) is 0 Å². The molecular formula is C13H25N3O3. The van der Waals surface area contributed by atoms with Crippen LogP contribution in [0.15, 0.2) is 0 Å². The average Bonchev–Trinajstić information content (AvgIpc) is 2.53. The van der Waals surface area contributed by atoms with Gasteiger partial charge in [-0.3, -0.25) is 14.5 Å². The van der Waals surface area contributed by atoms with E-state index in [2.05, 4.69) is 19.2 Å². The lowest BCUT2D eigenvalue weighted by Crippen LogP contribution is -2.38. The molecule has 6 heteroatoms. The molecule has 0 saturated carbocycles. The molecule has 1 saturated heterocycles. The van der Waals surface area contributed by atoms with Crippen molar-refractivity contribution in [2.45, 2.75) is 32.7 Å². The summed E-state index contributed by atoms with van der Waals surface area (Å²) in [5.41, 5.74) is 0. The fourth-order valence-corrected chi connectivity index (χ4v) is 2.20. The molecule has 110 valence electrons. The lowest BCUT2D eigenvalue weighted by molar-refractivity contribution is -0.138. The molecule has 0 aromatic rings. The van der Waals surface area contributed by atoms with Gasteiger partial charge in [0.1, 0.15) is 0 Å². The van der Waals surface area contributed by atoms with E-state index in [1.54, 1.807) is 0 Å². The molecule has 1 aliphatic heterocycles. The SMILES string of the molecule is CC(C)NCCC(=O)N1CCCN(CC(=O)O)CC1. The van der Waals surface area contributed by atoms with E-state index in [0.717, 1.165) is 19.5 Å². The normalized spacial score (nSPS) is 17.5. The number of hydrogen-bond donors (Lipinski definition) is 2. The Kier molecular flexibility index (Phi) is 6.80. The number of carboxylic acid groups (broad SMARTS) is 1. The number of nitrogens with one attached hydrogen (secondary N) is 1. The maximum atomic E-state index is 12.0. The zero-order valence-corrected chi connectivity index (χ0v) is 11.9. The van der Waals surface area contributed by atoms with Crippen molar-refractivity contribution in [2.24, 2.45) is 0 Å². The Labute approximate surface area is 114 Å². The van der Waals surface area contributed by atoms with Crippen molar-refractivity contribution in [1.29, 1.82) is 0 Å². The van der Waals surface area contributed by atoms with Crippen LogP contribution >= 0.6 is 0 Å². The summed E-state index contributed by atoms with van der Waals surface area (Å²) in [7, 11) is 0. The molecule has 2 N–H and O–H groups in total. The van der Waals surface area contributed by atoms with E-state index in [4.69, 9.17) is 5.11 Å². The van der Waals surface area contributed by atoms with Gasteiger partial charge in [-0.05, 0) is 6.42 Å². The van der Waals surface area contributed by atoms with Gasteiger partial charge < -0.3 is 15.3 Å². The summed E-state index contributed by atoms with van der Waals surface area (Å²) < 4.78 is 0. The van der Waals surface area contributed by atoms with Gasteiger partial charge >= 0.3 is 5.97 Å². The van der Waals surface area contributed by atoms with Crippen LogP contribution in [0.3, 0.4) is 0 Å². The second-order valence-electron chi connectivity index (χ2n) is 5.26. The van der Waals surface area contributed by atoms with Crippen LogP contribution in [0.4, 0.5) is 0 Å². The summed E-state index contributed by atoms with van der Waals surface area (Å²) in [6.07, 6.45) is 1.35. The lowest BCUT2D eigenvalue weighted by atomic mass is 10.3. The molecule has 1 rings (SSSR count). The maximum Gasteiger partial charge on any atom is 0.317 e. The van der Waals surface area contributed by atoms with Gasteiger partial charge in [0, 0.05) is 45.2 Å². The van der Waals surface area contributed by atoms with Gasteiger partial charge in [-0.2, -0.15) is 0 Å². The molecule has 0 aliphatic carbocycles. The number of nitrogens with zero attached hydrogens (tertiary/aromatic N) is 2. The summed E-state index contributed by atoms with van der Waals surface area (Å²) in [5, 5.41) is 12.0. The first-order valence-electron chi connectivity index (χ1n) is 6.94. The largest absolute Gasteiger partial charge is 0.480 e. The van der Waals surface area contributed by atoms with E-state index >= 15 is 0 Å². The van der Waals surface area contributed by atoms with E-state index in [-0.39, 0.29) is 12.5 Å². The van der Waals surface area contributed by atoms with Crippen molar-refractivity contribution in [2.75, 3.05) is 39.3 Å². The van der Waals surface area contributed by atoms with Crippen LogP contribution in [0, 0.1) is 0 Å². The van der Waals surface area contributed by atoms with Crippen LogP contribution in [0.25, 0.3) is 0 Å². The maximum absolute atomic E-state index is 12.0. The molecule has 1 aliphatic rings. The third-order valence-electron chi connectivity index (χ3n) is 3.19. The Balaban J connectivity index is 2.31. The zero-order valence-electron chi connectivity index (χ0n) is 11.9. The van der Waals surface area contributed by atoms with Crippen LogP contribution in [-0.2, 0) is 9.59 Å². The standard InChI is InChI=1S/C13H25N3O3/c1-11(2)14-5-4-12(17)16-7-3-6-15(8-9-16)10-13(18)19/h11,14H,3-10H2,1-2H3,(H,18,19). The predicted molar refractivity (Wildman–Crippen MR) is 73.0 cm³/mol. The molecule has 1 heterocycles. The summed E-state index contributed by atoms with van der Waals surface area (Å²) in [6, 6.07) is 0.392. The highest BCUT2D eigenvalue weighted by Gasteiger charge is 2.19. The van der Waals surface area contributed by atoms with Gasteiger partial charge in [0.05, 0.1) is 6.54 Å². The Bertz CT molecular complexity index is 308. The van der Waals surface area contributed by atoms with Gasteiger partial charge in [-0.15, -0.1) is 0 Å². The second kappa shape index (κ2) is 8.12. The van der Waals surface area contributed by atoms with Gasteiger partial charge in [0.15, 0.2) is 0 Å². The molecule has 6 nitrogen and oxygen atoms in total. The van der Waals surface area contributed by atoms with Crippen molar-refractivity contribution >= 4 is 11.9 Å². The first kappa shape index (κ1) is 15.9. The van der Waals surface area contributed by atoms with Gasteiger partial charge in [-0.1, -0.05) is 13.8 Å². The monoisotopic (exact) mass is 271 g/mol. The smallest absolute Gasteiger partial charge is 0.317 e. The molecule has 0 aromatic carbocycles. The minimum Gasteiger partial charge on any atom is -0.480 e. The summed E-state index contributed by atoms with van der Waals surface area (Å²) in [5.74, 6) is -0.647. The fraction of sp³-hybridized carbons (Fsp3) is 0.846. The van der Waals surface area contributed by atoms with Crippen molar-refractivity contribution in [3.8, 4) is 0 Å². The minimum absolute atomic E-state index is 0.0664. The van der Waals surface area contributed by atoms with Crippen LogP contribution in [-0.4, -0.2) is 72.1 Å². The minimum atomic E-state index is -0.805. The van der Waals surface area contributed by atoms with Gasteiger partial charge in [0.25, 0.3) is 0 Å². The molecule has 0 unspecified atom stereocenters. The van der Waals surface area contributed by atoms with Gasteiger partial charge in [0.2, 0.25) is 5.91 Å². The zero-order chi connectivity index (χ0) is 14.3. The number of hydrogen-bond acceptors (Lipinski definition) is 4. The van der Waals surface area contributed by atoms with Gasteiger partial charge in [-0.25, -0.2) is 0 Å². The first-order chi connectivity index (χ1) is 8.99. The predicted octanol–water partition coefficient (Wildman–Crippen LogP) is -0.00660.